The van der Waals surface area contributed by atoms with Gasteiger partial charge in [-0.05, 0) is 74.3 Å². The molecule has 0 N–H and O–H groups in total. The van der Waals surface area contributed by atoms with Crippen LogP contribution in [0, 0.1) is 11.8 Å². The third-order valence-electron chi connectivity index (χ3n) is 5.46. The smallest absolute Gasteiger partial charge is 0.0464 e. The second kappa shape index (κ2) is 10.4. The number of ether oxygens (including phenoxy) is 1. The predicted molar refractivity (Wildman–Crippen MR) is 106 cm³/mol. The molecule has 0 aliphatic heterocycles. The van der Waals surface area contributed by atoms with Crippen LogP contribution in [0.1, 0.15) is 52.5 Å². The van der Waals surface area contributed by atoms with Gasteiger partial charge in [0.2, 0.25) is 0 Å². The van der Waals surface area contributed by atoms with Gasteiger partial charge in [0.05, 0.1) is 0 Å². The molecule has 0 heterocycles. The molecular weight excluding hydrogens is 318 g/mol. The summed E-state index contributed by atoms with van der Waals surface area (Å²) in [4.78, 5) is 2.47. The van der Waals surface area contributed by atoms with Gasteiger partial charge >= 0.3 is 0 Å². The Bertz CT molecular complexity index is 457. The van der Waals surface area contributed by atoms with Crippen LogP contribution in [0.4, 0.5) is 0 Å². The molecule has 1 aromatic rings. The quantitative estimate of drug-likeness (QED) is 0.510. The Kier molecular flexibility index (Phi) is 9.33. The molecule has 0 aromatic heterocycles. The fourth-order valence-corrected chi connectivity index (χ4v) is 3.05. The van der Waals surface area contributed by atoms with Crippen molar-refractivity contribution in [3.63, 3.8) is 0 Å². The molecule has 0 spiro atoms. The summed E-state index contributed by atoms with van der Waals surface area (Å²) in [7, 11) is 4.03. The first-order chi connectivity index (χ1) is 11.3. The highest BCUT2D eigenvalue weighted by Crippen LogP contribution is 2.28. The van der Waals surface area contributed by atoms with Crippen LogP contribution in [0.25, 0.3) is 0 Å². The second-order valence-electron chi connectivity index (χ2n) is 7.97. The molecule has 2 atom stereocenters. The number of hydrogen-bond donors (Lipinski definition) is 0. The van der Waals surface area contributed by atoms with Crippen molar-refractivity contribution in [2.75, 3.05) is 33.9 Å². The molecule has 0 aliphatic carbocycles. The van der Waals surface area contributed by atoms with Gasteiger partial charge in [-0.15, -0.1) is 0 Å². The number of hydrogen-bond acceptors (Lipinski definition) is 2. The lowest BCUT2D eigenvalue weighted by Gasteiger charge is -2.29. The highest BCUT2D eigenvalue weighted by Gasteiger charge is 2.21. The molecule has 2 unspecified atom stereocenters. The van der Waals surface area contributed by atoms with E-state index in [0.717, 1.165) is 49.4 Å². The van der Waals surface area contributed by atoms with Crippen molar-refractivity contribution in [2.45, 2.75) is 52.4 Å². The normalized spacial score (nSPS) is 14.8. The van der Waals surface area contributed by atoms with Crippen LogP contribution in [-0.4, -0.2) is 38.8 Å². The zero-order valence-electron chi connectivity index (χ0n) is 16.4. The maximum absolute atomic E-state index is 6.00. The minimum Gasteiger partial charge on any atom is -0.385 e. The van der Waals surface area contributed by atoms with Crippen molar-refractivity contribution in [3.05, 3.63) is 34.9 Å². The van der Waals surface area contributed by atoms with Gasteiger partial charge in [0, 0.05) is 18.7 Å². The summed E-state index contributed by atoms with van der Waals surface area (Å²) in [6.45, 7) is 12.5. The summed E-state index contributed by atoms with van der Waals surface area (Å²) >= 11 is 6.00. The first-order valence-corrected chi connectivity index (χ1v) is 9.57. The summed E-state index contributed by atoms with van der Waals surface area (Å²) in [5.41, 5.74) is 1.54. The summed E-state index contributed by atoms with van der Waals surface area (Å²) in [5, 5.41) is 0.809. The van der Waals surface area contributed by atoms with Crippen molar-refractivity contribution < 1.29 is 4.74 Å². The topological polar surface area (TPSA) is 12.5 Å². The molecule has 0 saturated carbocycles. The van der Waals surface area contributed by atoms with Gasteiger partial charge in [0.25, 0.3) is 0 Å². The molecule has 24 heavy (non-hydrogen) atoms. The molecule has 1 rings (SSSR count). The van der Waals surface area contributed by atoms with E-state index in [-0.39, 0.29) is 5.41 Å². The molecule has 0 saturated heterocycles. The van der Waals surface area contributed by atoms with Gasteiger partial charge in [0.1, 0.15) is 0 Å². The molecule has 0 aliphatic rings. The van der Waals surface area contributed by atoms with E-state index in [1.54, 1.807) is 7.11 Å². The standard InChI is InChI=1S/C21H36ClNO/c1-17(18(2)12-16-24-6)11-14-23(5)15-13-21(3,4)19-7-9-20(22)10-8-19/h7-10,17-18H,11-16H2,1-6H3. The Morgan fingerprint density at radius 3 is 2.21 bits per heavy atom. The van der Waals surface area contributed by atoms with Crippen molar-refractivity contribution >= 4 is 11.6 Å². The average Bonchev–Trinajstić information content (AvgIpc) is 2.56. The van der Waals surface area contributed by atoms with Gasteiger partial charge in [-0.25, -0.2) is 0 Å². The first-order valence-electron chi connectivity index (χ1n) is 9.20. The Morgan fingerprint density at radius 2 is 1.62 bits per heavy atom. The molecule has 2 nitrogen and oxygen atoms in total. The summed E-state index contributed by atoms with van der Waals surface area (Å²) in [5.74, 6) is 1.47. The maximum atomic E-state index is 6.00. The molecule has 0 bridgehead atoms. The Labute approximate surface area is 154 Å². The molecule has 1 aromatic carbocycles. The van der Waals surface area contributed by atoms with Crippen LogP contribution in [0.15, 0.2) is 24.3 Å². The van der Waals surface area contributed by atoms with Crippen molar-refractivity contribution in [3.8, 4) is 0 Å². The summed E-state index contributed by atoms with van der Waals surface area (Å²) < 4.78 is 5.19. The molecule has 138 valence electrons. The fourth-order valence-electron chi connectivity index (χ4n) is 2.92. The second-order valence-corrected chi connectivity index (χ2v) is 8.41. The summed E-state index contributed by atoms with van der Waals surface area (Å²) in [6, 6.07) is 8.29. The Hall–Kier alpha value is -0.570. The van der Waals surface area contributed by atoms with Crippen LogP contribution in [-0.2, 0) is 10.2 Å². The zero-order chi connectivity index (χ0) is 18.2. The fraction of sp³-hybridized carbons (Fsp3) is 0.714. The highest BCUT2D eigenvalue weighted by atomic mass is 35.5. The van der Waals surface area contributed by atoms with Gasteiger partial charge in [-0.2, -0.15) is 0 Å². The number of methoxy groups -OCH3 is 1. The first kappa shape index (κ1) is 21.5. The van der Waals surface area contributed by atoms with Crippen molar-refractivity contribution in [1.82, 2.24) is 4.90 Å². The van der Waals surface area contributed by atoms with E-state index in [4.69, 9.17) is 16.3 Å². The molecule has 0 amide bonds. The van der Waals surface area contributed by atoms with E-state index in [1.165, 1.54) is 12.0 Å². The maximum Gasteiger partial charge on any atom is 0.0464 e. The van der Waals surface area contributed by atoms with E-state index < -0.39 is 0 Å². The number of nitrogens with zero attached hydrogens (tertiary/aromatic N) is 1. The van der Waals surface area contributed by atoms with Gasteiger partial charge in [-0.3, -0.25) is 0 Å². The molecule has 3 heteroatoms. The van der Waals surface area contributed by atoms with E-state index in [1.807, 2.05) is 12.1 Å². The van der Waals surface area contributed by atoms with Crippen molar-refractivity contribution in [1.29, 1.82) is 0 Å². The minimum atomic E-state index is 0.177. The third kappa shape index (κ3) is 7.55. The number of rotatable bonds is 11. The van der Waals surface area contributed by atoms with E-state index in [2.05, 4.69) is 51.8 Å². The van der Waals surface area contributed by atoms with E-state index >= 15 is 0 Å². The van der Waals surface area contributed by atoms with Gasteiger partial charge in [-0.1, -0.05) is 51.4 Å². The Balaban J connectivity index is 2.37. The number of benzene rings is 1. The third-order valence-corrected chi connectivity index (χ3v) is 5.71. The van der Waals surface area contributed by atoms with Gasteiger partial charge in [0.15, 0.2) is 0 Å². The van der Waals surface area contributed by atoms with Crippen molar-refractivity contribution in [2.24, 2.45) is 11.8 Å². The lowest BCUT2D eigenvalue weighted by atomic mass is 9.81. The minimum absolute atomic E-state index is 0.177. The van der Waals surface area contributed by atoms with Crippen LogP contribution < -0.4 is 0 Å². The van der Waals surface area contributed by atoms with Gasteiger partial charge < -0.3 is 9.64 Å². The number of halogens is 1. The van der Waals surface area contributed by atoms with Crippen LogP contribution >= 0.6 is 11.6 Å². The van der Waals surface area contributed by atoms with E-state index in [9.17, 15) is 0 Å². The van der Waals surface area contributed by atoms with E-state index in [0.29, 0.717) is 0 Å². The average molecular weight is 354 g/mol. The van der Waals surface area contributed by atoms with Crippen LogP contribution in [0.2, 0.25) is 5.02 Å². The molecular formula is C21H36ClNO. The van der Waals surface area contributed by atoms with Crippen LogP contribution in [0.3, 0.4) is 0 Å². The SMILES string of the molecule is COCCC(C)C(C)CCN(C)CCC(C)(C)c1ccc(Cl)cc1. The monoisotopic (exact) mass is 353 g/mol. The Morgan fingerprint density at radius 1 is 1.04 bits per heavy atom. The zero-order valence-corrected chi connectivity index (χ0v) is 17.2. The lowest BCUT2D eigenvalue weighted by molar-refractivity contribution is 0.162. The van der Waals surface area contributed by atoms with Crippen LogP contribution in [0.5, 0.6) is 0 Å². The highest BCUT2D eigenvalue weighted by molar-refractivity contribution is 6.30. The predicted octanol–water partition coefficient (Wildman–Crippen LogP) is 5.64. The summed E-state index contributed by atoms with van der Waals surface area (Å²) in [6.07, 6.45) is 3.56. The molecule has 0 fully saturated rings. The lowest BCUT2D eigenvalue weighted by Crippen LogP contribution is -2.29. The molecule has 0 radical (unpaired) electrons. The largest absolute Gasteiger partial charge is 0.385 e.